The van der Waals surface area contributed by atoms with Crippen LogP contribution in [0.1, 0.15) is 62.5 Å². The second-order valence-electron chi connectivity index (χ2n) is 11.8. The molecule has 2 saturated carbocycles. The number of unbranched alkanes of at least 4 members (excludes halogenated alkanes) is 3. The zero-order chi connectivity index (χ0) is 27.0. The van der Waals surface area contributed by atoms with E-state index >= 15 is 0 Å². The van der Waals surface area contributed by atoms with Crippen LogP contribution in [-0.2, 0) is 13.1 Å². The second kappa shape index (κ2) is 13.5. The van der Waals surface area contributed by atoms with Gasteiger partial charge in [-0.25, -0.2) is 0 Å². The quantitative estimate of drug-likeness (QED) is 0.134. The highest BCUT2D eigenvalue weighted by atomic mass is 16.5. The average molecular weight is 537 g/mol. The van der Waals surface area contributed by atoms with Crippen LogP contribution in [0.25, 0.3) is 21.5 Å². The molecule has 4 heteroatoms. The molecule has 2 aliphatic rings. The minimum Gasteiger partial charge on any atom is -0.493 e. The minimum atomic E-state index is 0.761. The maximum absolute atomic E-state index is 6.24. The summed E-state index contributed by atoms with van der Waals surface area (Å²) in [7, 11) is 0. The molecule has 0 bridgehead atoms. The van der Waals surface area contributed by atoms with Crippen LogP contribution < -0.4 is 20.1 Å². The van der Waals surface area contributed by atoms with E-state index < -0.39 is 0 Å². The lowest BCUT2D eigenvalue weighted by molar-refractivity contribution is 0.296. The predicted octanol–water partition coefficient (Wildman–Crippen LogP) is 8.01. The summed E-state index contributed by atoms with van der Waals surface area (Å²) in [6, 6.07) is 26.0. The summed E-state index contributed by atoms with van der Waals surface area (Å²) in [5.41, 5.74) is 2.61. The smallest absolute Gasteiger partial charge is 0.124 e. The van der Waals surface area contributed by atoms with Crippen molar-refractivity contribution in [3.63, 3.8) is 0 Å². The molecule has 6 rings (SSSR count). The van der Waals surface area contributed by atoms with Crippen molar-refractivity contribution in [2.75, 3.05) is 26.3 Å². The van der Waals surface area contributed by atoms with E-state index in [-0.39, 0.29) is 0 Å². The lowest BCUT2D eigenvalue weighted by Gasteiger charge is -2.15. The Hall–Kier alpha value is -3.08. The van der Waals surface area contributed by atoms with Gasteiger partial charge in [-0.2, -0.15) is 0 Å². The van der Waals surface area contributed by atoms with Gasteiger partial charge in [0.1, 0.15) is 11.5 Å². The molecule has 2 fully saturated rings. The van der Waals surface area contributed by atoms with Crippen LogP contribution in [0, 0.1) is 11.8 Å². The summed E-state index contributed by atoms with van der Waals surface area (Å²) >= 11 is 0. The van der Waals surface area contributed by atoms with Crippen LogP contribution in [0.3, 0.4) is 0 Å². The summed E-state index contributed by atoms with van der Waals surface area (Å²) in [5.74, 6) is 3.63. The first kappa shape index (κ1) is 27.1. The van der Waals surface area contributed by atoms with Gasteiger partial charge in [0.2, 0.25) is 0 Å². The lowest BCUT2D eigenvalue weighted by Crippen LogP contribution is -2.17. The zero-order valence-electron chi connectivity index (χ0n) is 23.8. The Morgan fingerprint density at radius 2 is 0.975 bits per heavy atom. The molecule has 2 N–H and O–H groups in total. The van der Waals surface area contributed by atoms with E-state index in [1.165, 1.54) is 84.0 Å². The van der Waals surface area contributed by atoms with E-state index in [2.05, 4.69) is 83.4 Å². The van der Waals surface area contributed by atoms with E-state index in [9.17, 15) is 0 Å². The Balaban J connectivity index is 0.915. The summed E-state index contributed by atoms with van der Waals surface area (Å²) in [4.78, 5) is 0. The van der Waals surface area contributed by atoms with Crippen molar-refractivity contribution in [3.05, 3.63) is 83.9 Å². The average Bonchev–Trinajstić information content (AvgIpc) is 3.92. The van der Waals surface area contributed by atoms with E-state index in [4.69, 9.17) is 9.47 Å². The SMILES string of the molecule is c1ccc2c(CNCCCCCCNCc3c(OCC4CC4)ccc4ccccc34)c(OCC3CC3)ccc2c1. The van der Waals surface area contributed by atoms with Crippen molar-refractivity contribution in [3.8, 4) is 11.5 Å². The van der Waals surface area contributed by atoms with Crippen molar-refractivity contribution in [2.45, 2.75) is 64.5 Å². The van der Waals surface area contributed by atoms with Gasteiger partial charge < -0.3 is 20.1 Å². The van der Waals surface area contributed by atoms with Gasteiger partial charge in [-0.15, -0.1) is 0 Å². The first-order valence-corrected chi connectivity index (χ1v) is 15.5. The number of hydrogen-bond donors (Lipinski definition) is 2. The van der Waals surface area contributed by atoms with Crippen LogP contribution in [-0.4, -0.2) is 26.3 Å². The number of nitrogens with one attached hydrogen (secondary N) is 2. The van der Waals surface area contributed by atoms with Crippen LogP contribution in [0.2, 0.25) is 0 Å². The highest BCUT2D eigenvalue weighted by molar-refractivity contribution is 5.88. The Labute approximate surface area is 239 Å². The monoisotopic (exact) mass is 536 g/mol. The highest BCUT2D eigenvalue weighted by Crippen LogP contribution is 2.34. The Morgan fingerprint density at radius 1 is 0.525 bits per heavy atom. The standard InChI is InChI=1S/C36H44N2O2/c1(7-21-37-23-33-31-11-5-3-9-29(31)17-19-35(33)39-25-27-13-14-27)2-8-22-38-24-34-32-12-6-4-10-30(32)18-20-36(34)40-26-28-15-16-28/h3-6,9-12,17-20,27-28,37-38H,1-2,7-8,13-16,21-26H2. The van der Waals surface area contributed by atoms with Crippen molar-refractivity contribution in [2.24, 2.45) is 11.8 Å². The van der Waals surface area contributed by atoms with Crippen LogP contribution in [0.4, 0.5) is 0 Å². The molecule has 210 valence electrons. The van der Waals surface area contributed by atoms with Gasteiger partial charge in [0.05, 0.1) is 13.2 Å². The summed E-state index contributed by atoms with van der Waals surface area (Å²) in [6.45, 7) is 5.51. The first-order chi connectivity index (χ1) is 19.8. The molecule has 40 heavy (non-hydrogen) atoms. The molecule has 0 radical (unpaired) electrons. The highest BCUT2D eigenvalue weighted by Gasteiger charge is 2.23. The molecule has 0 unspecified atom stereocenters. The fourth-order valence-corrected chi connectivity index (χ4v) is 5.53. The molecule has 0 saturated heterocycles. The van der Waals surface area contributed by atoms with Gasteiger partial charge in [-0.1, -0.05) is 73.5 Å². The first-order valence-electron chi connectivity index (χ1n) is 15.5. The third-order valence-corrected chi connectivity index (χ3v) is 8.40. The van der Waals surface area contributed by atoms with E-state index in [1.54, 1.807) is 0 Å². The molecule has 4 nitrogen and oxygen atoms in total. The minimum absolute atomic E-state index is 0.761. The van der Waals surface area contributed by atoms with Crippen molar-refractivity contribution < 1.29 is 9.47 Å². The van der Waals surface area contributed by atoms with Gasteiger partial charge in [-0.3, -0.25) is 0 Å². The van der Waals surface area contributed by atoms with E-state index in [1.807, 2.05) is 0 Å². The molecular weight excluding hydrogens is 492 g/mol. The molecule has 4 aromatic rings. The number of fused-ring (bicyclic) bond motifs is 2. The third kappa shape index (κ3) is 7.35. The molecule has 0 aromatic heterocycles. The number of ether oxygens (including phenoxy) is 2. The molecule has 0 amide bonds. The number of benzene rings is 4. The maximum Gasteiger partial charge on any atom is 0.124 e. The third-order valence-electron chi connectivity index (χ3n) is 8.40. The Morgan fingerprint density at radius 3 is 1.43 bits per heavy atom. The molecule has 0 heterocycles. The van der Waals surface area contributed by atoms with Crippen LogP contribution in [0.5, 0.6) is 11.5 Å². The maximum atomic E-state index is 6.24. The molecule has 2 aliphatic carbocycles. The summed E-state index contributed by atoms with van der Waals surface area (Å²) < 4.78 is 12.5. The molecule has 0 atom stereocenters. The second-order valence-corrected chi connectivity index (χ2v) is 11.8. The van der Waals surface area contributed by atoms with Crippen LogP contribution >= 0.6 is 0 Å². The van der Waals surface area contributed by atoms with E-state index in [0.29, 0.717) is 0 Å². The van der Waals surface area contributed by atoms with Gasteiger partial charge >= 0.3 is 0 Å². The zero-order valence-corrected chi connectivity index (χ0v) is 23.8. The number of hydrogen-bond acceptors (Lipinski definition) is 4. The van der Waals surface area contributed by atoms with Gasteiger partial charge in [0, 0.05) is 24.2 Å². The normalized spacial score (nSPS) is 15.1. The fourth-order valence-electron chi connectivity index (χ4n) is 5.53. The van der Waals surface area contributed by atoms with Gasteiger partial charge in [0.25, 0.3) is 0 Å². The van der Waals surface area contributed by atoms with Crippen molar-refractivity contribution >= 4 is 21.5 Å². The predicted molar refractivity (Wildman–Crippen MR) is 166 cm³/mol. The Bertz CT molecular complexity index is 1290. The van der Waals surface area contributed by atoms with Crippen LogP contribution in [0.15, 0.2) is 72.8 Å². The number of rotatable bonds is 17. The fraction of sp³-hybridized carbons (Fsp3) is 0.444. The topological polar surface area (TPSA) is 42.5 Å². The van der Waals surface area contributed by atoms with Gasteiger partial charge in [0.15, 0.2) is 0 Å². The van der Waals surface area contributed by atoms with Crippen molar-refractivity contribution in [1.29, 1.82) is 0 Å². The lowest BCUT2D eigenvalue weighted by atomic mass is 10.0. The molecule has 0 spiro atoms. The van der Waals surface area contributed by atoms with Gasteiger partial charge in [-0.05, 0) is 97.1 Å². The summed E-state index contributed by atoms with van der Waals surface area (Å²) in [5, 5.41) is 12.6. The van der Waals surface area contributed by atoms with Crippen molar-refractivity contribution in [1.82, 2.24) is 10.6 Å². The summed E-state index contributed by atoms with van der Waals surface area (Å²) in [6.07, 6.45) is 10.2. The molecular formula is C36H44N2O2. The van der Waals surface area contributed by atoms with E-state index in [0.717, 1.165) is 62.7 Å². The molecule has 0 aliphatic heterocycles. The largest absolute Gasteiger partial charge is 0.493 e. The Kier molecular flexibility index (Phi) is 9.16. The molecule has 4 aromatic carbocycles.